The lowest BCUT2D eigenvalue weighted by molar-refractivity contribution is -0.132. The molecule has 6 heteroatoms. The van der Waals surface area contributed by atoms with Crippen LogP contribution < -0.4 is 5.56 Å². The number of hydrogen-bond acceptors (Lipinski definition) is 4. The van der Waals surface area contributed by atoms with Gasteiger partial charge in [-0.3, -0.25) is 14.5 Å². The normalized spacial score (nSPS) is 20.0. The Kier molecular flexibility index (Phi) is 5.57. The summed E-state index contributed by atoms with van der Waals surface area (Å²) in [5.74, 6) is 0.889. The first-order chi connectivity index (χ1) is 13.6. The fraction of sp³-hybridized carbons (Fsp3) is 0.500. The molecule has 6 nitrogen and oxygen atoms in total. The lowest BCUT2D eigenvalue weighted by Gasteiger charge is -2.33. The number of nitrogens with zero attached hydrogens (tertiary/aromatic N) is 3. The average molecular weight is 380 g/mol. The van der Waals surface area contributed by atoms with Gasteiger partial charge in [-0.1, -0.05) is 36.8 Å². The summed E-state index contributed by atoms with van der Waals surface area (Å²) in [5.41, 5.74) is 2.60. The Labute approximate surface area is 165 Å². The van der Waals surface area contributed by atoms with E-state index in [-0.39, 0.29) is 17.5 Å². The Morgan fingerprint density at radius 2 is 2.04 bits per heavy atom. The molecule has 1 fully saturated rings. The highest BCUT2D eigenvalue weighted by Crippen LogP contribution is 2.27. The summed E-state index contributed by atoms with van der Waals surface area (Å²) in [4.78, 5) is 37.2. The highest BCUT2D eigenvalue weighted by molar-refractivity contribution is 5.76. The summed E-state index contributed by atoms with van der Waals surface area (Å²) in [6.07, 6.45) is 5.24. The van der Waals surface area contributed by atoms with Crippen molar-refractivity contribution < 1.29 is 4.79 Å². The van der Waals surface area contributed by atoms with Gasteiger partial charge in [-0.2, -0.15) is 0 Å². The number of rotatable bonds is 4. The summed E-state index contributed by atoms with van der Waals surface area (Å²) in [6, 6.07) is 10.2. The van der Waals surface area contributed by atoms with E-state index in [2.05, 4.69) is 16.9 Å². The number of carbonyl (C=O) groups is 1. The van der Waals surface area contributed by atoms with E-state index in [0.29, 0.717) is 31.5 Å². The lowest BCUT2D eigenvalue weighted by Crippen LogP contribution is -2.41. The minimum atomic E-state index is -0.0838. The van der Waals surface area contributed by atoms with E-state index in [9.17, 15) is 9.59 Å². The van der Waals surface area contributed by atoms with Crippen LogP contribution in [0.3, 0.4) is 0 Å². The van der Waals surface area contributed by atoms with E-state index in [0.717, 1.165) is 36.5 Å². The minimum absolute atomic E-state index is 0.0838. The molecule has 1 amide bonds. The van der Waals surface area contributed by atoms with Crippen LogP contribution in [-0.4, -0.2) is 45.8 Å². The SMILES string of the molecule is CN1CCCC[C@@H]1c1nc2c(c(=O)[nH]1)CN(C(=O)CCc1ccccc1)CC2. The van der Waals surface area contributed by atoms with Crippen LogP contribution in [0.4, 0.5) is 0 Å². The maximum Gasteiger partial charge on any atom is 0.256 e. The molecular weight excluding hydrogens is 352 g/mol. The molecule has 0 unspecified atom stereocenters. The van der Waals surface area contributed by atoms with Gasteiger partial charge in [0.2, 0.25) is 5.91 Å². The summed E-state index contributed by atoms with van der Waals surface area (Å²) >= 11 is 0. The fourth-order valence-corrected chi connectivity index (χ4v) is 4.29. The molecule has 1 aromatic carbocycles. The van der Waals surface area contributed by atoms with E-state index in [1.54, 1.807) is 4.90 Å². The Hall–Kier alpha value is -2.47. The monoisotopic (exact) mass is 380 g/mol. The number of H-pyrrole nitrogens is 1. The largest absolute Gasteiger partial charge is 0.338 e. The average Bonchev–Trinajstić information content (AvgIpc) is 2.73. The number of likely N-dealkylation sites (tertiary alicyclic amines) is 1. The molecule has 3 heterocycles. The molecule has 0 saturated carbocycles. The molecule has 2 aliphatic heterocycles. The number of nitrogens with one attached hydrogen (secondary N) is 1. The second-order valence-corrected chi connectivity index (χ2v) is 7.92. The second kappa shape index (κ2) is 8.27. The van der Waals surface area contributed by atoms with Gasteiger partial charge in [-0.05, 0) is 38.4 Å². The first-order valence-corrected chi connectivity index (χ1v) is 10.3. The third-order valence-electron chi connectivity index (χ3n) is 6.00. The second-order valence-electron chi connectivity index (χ2n) is 7.92. The van der Waals surface area contributed by atoms with Gasteiger partial charge in [0.1, 0.15) is 5.82 Å². The van der Waals surface area contributed by atoms with Crippen LogP contribution in [0.1, 0.15) is 54.4 Å². The number of piperidine rings is 1. The van der Waals surface area contributed by atoms with Crippen LogP contribution in [0.5, 0.6) is 0 Å². The van der Waals surface area contributed by atoms with Gasteiger partial charge in [-0.25, -0.2) is 4.98 Å². The van der Waals surface area contributed by atoms with Crippen LogP contribution in [0, 0.1) is 0 Å². The molecule has 0 aliphatic carbocycles. The van der Waals surface area contributed by atoms with Gasteiger partial charge in [0, 0.05) is 19.4 Å². The quantitative estimate of drug-likeness (QED) is 0.885. The summed E-state index contributed by atoms with van der Waals surface area (Å²) < 4.78 is 0. The van der Waals surface area contributed by atoms with Crippen molar-refractivity contribution in [2.45, 2.75) is 51.1 Å². The van der Waals surface area contributed by atoms with Gasteiger partial charge in [-0.15, -0.1) is 0 Å². The summed E-state index contributed by atoms with van der Waals surface area (Å²) in [5, 5.41) is 0. The number of aromatic nitrogens is 2. The minimum Gasteiger partial charge on any atom is -0.338 e. The molecule has 4 rings (SSSR count). The van der Waals surface area contributed by atoms with Gasteiger partial charge < -0.3 is 9.88 Å². The van der Waals surface area contributed by atoms with Crippen LogP contribution in [-0.2, 0) is 24.2 Å². The first-order valence-electron chi connectivity index (χ1n) is 10.3. The van der Waals surface area contributed by atoms with Crippen molar-refractivity contribution in [3.05, 3.63) is 63.3 Å². The van der Waals surface area contributed by atoms with Gasteiger partial charge in [0.25, 0.3) is 5.56 Å². The molecule has 148 valence electrons. The zero-order valence-corrected chi connectivity index (χ0v) is 16.5. The maximum absolute atomic E-state index is 12.7. The Balaban J connectivity index is 1.45. The lowest BCUT2D eigenvalue weighted by atomic mass is 10.0. The highest BCUT2D eigenvalue weighted by Gasteiger charge is 2.28. The topological polar surface area (TPSA) is 69.3 Å². The molecule has 2 aliphatic rings. The van der Waals surface area contributed by atoms with Crippen molar-refractivity contribution in [2.75, 3.05) is 20.1 Å². The maximum atomic E-state index is 12.7. The predicted molar refractivity (Wildman–Crippen MR) is 108 cm³/mol. The van der Waals surface area contributed by atoms with Crippen molar-refractivity contribution in [3.63, 3.8) is 0 Å². The fourth-order valence-electron chi connectivity index (χ4n) is 4.29. The smallest absolute Gasteiger partial charge is 0.256 e. The first kappa shape index (κ1) is 18.9. The molecule has 1 saturated heterocycles. The van der Waals surface area contributed by atoms with Crippen molar-refractivity contribution in [2.24, 2.45) is 0 Å². The van der Waals surface area contributed by atoms with E-state index in [1.165, 1.54) is 12.8 Å². The van der Waals surface area contributed by atoms with Crippen molar-refractivity contribution in [1.82, 2.24) is 19.8 Å². The van der Waals surface area contributed by atoms with Crippen molar-refractivity contribution >= 4 is 5.91 Å². The third kappa shape index (κ3) is 4.02. The summed E-state index contributed by atoms with van der Waals surface area (Å²) in [6.45, 7) is 2.04. The predicted octanol–water partition coefficient (Wildman–Crippen LogP) is 2.44. The molecule has 1 atom stereocenters. The van der Waals surface area contributed by atoms with Crippen LogP contribution in [0.15, 0.2) is 35.1 Å². The van der Waals surface area contributed by atoms with Crippen LogP contribution in [0.2, 0.25) is 0 Å². The van der Waals surface area contributed by atoms with Gasteiger partial charge in [0.15, 0.2) is 0 Å². The molecule has 2 aromatic rings. The molecule has 0 bridgehead atoms. The molecule has 28 heavy (non-hydrogen) atoms. The molecule has 1 N–H and O–H groups in total. The molecule has 0 spiro atoms. The number of aryl methyl sites for hydroxylation is 1. The Morgan fingerprint density at radius 1 is 1.21 bits per heavy atom. The zero-order valence-electron chi connectivity index (χ0n) is 16.5. The standard InChI is InChI=1S/C22H28N4O2/c1-25-13-6-5-9-19(25)21-23-18-12-14-26(15-17(18)22(28)24-21)20(27)11-10-16-7-3-2-4-8-16/h2-4,7-8,19H,5-6,9-15H2,1H3,(H,23,24,28)/t19-/m1/s1. The van der Waals surface area contributed by atoms with Crippen LogP contribution in [0.25, 0.3) is 0 Å². The molecular formula is C22H28N4O2. The van der Waals surface area contributed by atoms with Crippen molar-refractivity contribution in [3.8, 4) is 0 Å². The molecule has 0 radical (unpaired) electrons. The number of hydrogen-bond donors (Lipinski definition) is 1. The van der Waals surface area contributed by atoms with Gasteiger partial charge >= 0.3 is 0 Å². The third-order valence-corrected chi connectivity index (χ3v) is 6.00. The van der Waals surface area contributed by atoms with E-state index < -0.39 is 0 Å². The van der Waals surface area contributed by atoms with E-state index >= 15 is 0 Å². The van der Waals surface area contributed by atoms with E-state index in [1.807, 2.05) is 30.3 Å². The van der Waals surface area contributed by atoms with Crippen LogP contribution >= 0.6 is 0 Å². The zero-order chi connectivity index (χ0) is 19.5. The number of carbonyl (C=O) groups excluding carboxylic acids is 1. The number of aromatic amines is 1. The number of benzene rings is 1. The van der Waals surface area contributed by atoms with Gasteiger partial charge in [0.05, 0.1) is 23.8 Å². The van der Waals surface area contributed by atoms with E-state index in [4.69, 9.17) is 4.98 Å². The summed E-state index contributed by atoms with van der Waals surface area (Å²) in [7, 11) is 2.09. The number of fused-ring (bicyclic) bond motifs is 1. The molecule has 1 aromatic heterocycles. The highest BCUT2D eigenvalue weighted by atomic mass is 16.2. The Morgan fingerprint density at radius 3 is 2.82 bits per heavy atom. The van der Waals surface area contributed by atoms with Crippen molar-refractivity contribution in [1.29, 1.82) is 0 Å². The Bertz CT molecular complexity index is 893. The number of amides is 1.